The average Bonchev–Trinajstić information content (AvgIpc) is 2.18. The smallest absolute Gasteiger partial charge is 0.146 e. The number of anilines is 1. The van der Waals surface area contributed by atoms with Crippen LogP contribution < -0.4 is 4.90 Å². The molecule has 14 heavy (non-hydrogen) atoms. The van der Waals surface area contributed by atoms with Crippen LogP contribution in [0.3, 0.4) is 0 Å². The molecule has 0 aliphatic heterocycles. The molecule has 0 unspecified atom stereocenters. The molecular formula is C10H12IN3. The van der Waals surface area contributed by atoms with E-state index in [4.69, 9.17) is 0 Å². The summed E-state index contributed by atoms with van der Waals surface area (Å²) in [6.07, 6.45) is 7.04. The molecule has 4 heteroatoms. The Morgan fingerprint density at radius 2 is 2.00 bits per heavy atom. The van der Waals surface area contributed by atoms with Crippen LogP contribution in [0.4, 0.5) is 5.82 Å². The van der Waals surface area contributed by atoms with Gasteiger partial charge in [-0.25, -0.2) is 9.97 Å². The van der Waals surface area contributed by atoms with Gasteiger partial charge in [-0.2, -0.15) is 0 Å². The van der Waals surface area contributed by atoms with Crippen LogP contribution in [0, 0.1) is 3.57 Å². The summed E-state index contributed by atoms with van der Waals surface area (Å²) in [6.45, 7) is 8.96. The van der Waals surface area contributed by atoms with Crippen LogP contribution in [0.1, 0.15) is 0 Å². The number of hydrogen-bond donors (Lipinski definition) is 0. The zero-order valence-corrected chi connectivity index (χ0v) is 10.0. The topological polar surface area (TPSA) is 29.0 Å². The third-order valence-electron chi connectivity index (χ3n) is 1.65. The third kappa shape index (κ3) is 2.80. The molecule has 1 aromatic heterocycles. The van der Waals surface area contributed by atoms with Crippen molar-refractivity contribution >= 4 is 28.4 Å². The van der Waals surface area contributed by atoms with Crippen LogP contribution in [-0.4, -0.2) is 23.1 Å². The molecule has 0 aliphatic rings. The summed E-state index contributed by atoms with van der Waals surface area (Å²) in [5, 5.41) is 0. The Kier molecular flexibility index (Phi) is 4.58. The zero-order chi connectivity index (χ0) is 10.4. The van der Waals surface area contributed by atoms with Gasteiger partial charge in [0.15, 0.2) is 0 Å². The van der Waals surface area contributed by atoms with E-state index in [1.807, 2.05) is 12.2 Å². The van der Waals surface area contributed by atoms with E-state index in [1.165, 1.54) is 0 Å². The predicted octanol–water partition coefficient (Wildman–Crippen LogP) is 2.26. The molecule has 1 rings (SSSR count). The first-order valence-electron chi connectivity index (χ1n) is 4.21. The highest BCUT2D eigenvalue weighted by Crippen LogP contribution is 2.17. The largest absolute Gasteiger partial charge is 0.348 e. The van der Waals surface area contributed by atoms with Crippen molar-refractivity contribution in [2.75, 3.05) is 18.0 Å². The molecule has 0 fully saturated rings. The summed E-state index contributed by atoms with van der Waals surface area (Å²) in [5.41, 5.74) is 0. The maximum atomic E-state index is 4.23. The van der Waals surface area contributed by atoms with E-state index in [-0.39, 0.29) is 0 Å². The molecule has 74 valence electrons. The lowest BCUT2D eigenvalue weighted by atomic mass is 10.4. The molecule has 0 bridgehead atoms. The second-order valence-corrected chi connectivity index (χ2v) is 3.84. The van der Waals surface area contributed by atoms with Crippen LogP contribution >= 0.6 is 22.6 Å². The van der Waals surface area contributed by atoms with Crippen molar-refractivity contribution in [3.63, 3.8) is 0 Å². The molecule has 0 aliphatic carbocycles. The average molecular weight is 301 g/mol. The van der Waals surface area contributed by atoms with Crippen molar-refractivity contribution in [1.29, 1.82) is 0 Å². The number of halogens is 1. The molecule has 3 nitrogen and oxygen atoms in total. The summed E-state index contributed by atoms with van der Waals surface area (Å²) in [7, 11) is 0. The molecule has 0 saturated heterocycles. The fourth-order valence-electron chi connectivity index (χ4n) is 1.10. The van der Waals surface area contributed by atoms with Gasteiger partial charge < -0.3 is 4.90 Å². The SMILES string of the molecule is C=CCN(CC=C)c1ncncc1I. The molecule has 0 N–H and O–H groups in total. The van der Waals surface area contributed by atoms with E-state index < -0.39 is 0 Å². The lowest BCUT2D eigenvalue weighted by molar-refractivity contribution is 0.910. The monoisotopic (exact) mass is 301 g/mol. The Labute approximate surface area is 97.7 Å². The highest BCUT2D eigenvalue weighted by Gasteiger charge is 2.07. The first kappa shape index (κ1) is 11.2. The number of hydrogen-bond acceptors (Lipinski definition) is 3. The Balaban J connectivity index is 2.91. The summed E-state index contributed by atoms with van der Waals surface area (Å²) in [4.78, 5) is 10.3. The van der Waals surface area contributed by atoms with Crippen molar-refractivity contribution in [1.82, 2.24) is 9.97 Å². The third-order valence-corrected chi connectivity index (χ3v) is 2.41. The van der Waals surface area contributed by atoms with Crippen molar-refractivity contribution in [3.8, 4) is 0 Å². The first-order valence-corrected chi connectivity index (χ1v) is 5.29. The normalized spacial score (nSPS) is 9.50. The number of aromatic nitrogens is 2. The highest BCUT2D eigenvalue weighted by molar-refractivity contribution is 14.1. The van der Waals surface area contributed by atoms with Gasteiger partial charge in [-0.3, -0.25) is 0 Å². The summed E-state index contributed by atoms with van der Waals surface area (Å²) in [5.74, 6) is 0.931. The van der Waals surface area contributed by atoms with E-state index in [0.717, 1.165) is 22.5 Å². The minimum atomic E-state index is 0.763. The van der Waals surface area contributed by atoms with Gasteiger partial charge in [0, 0.05) is 19.3 Å². The van der Waals surface area contributed by atoms with Gasteiger partial charge in [-0.15, -0.1) is 13.2 Å². The van der Waals surface area contributed by atoms with E-state index in [1.54, 1.807) is 12.5 Å². The molecule has 0 spiro atoms. The molecule has 1 aromatic rings. The highest BCUT2D eigenvalue weighted by atomic mass is 127. The van der Waals surface area contributed by atoms with E-state index in [9.17, 15) is 0 Å². The Morgan fingerprint density at radius 3 is 2.50 bits per heavy atom. The molecule has 0 amide bonds. The van der Waals surface area contributed by atoms with Crippen LogP contribution in [0.25, 0.3) is 0 Å². The van der Waals surface area contributed by atoms with Gasteiger partial charge in [0.05, 0.1) is 3.57 Å². The van der Waals surface area contributed by atoms with E-state index in [0.29, 0.717) is 0 Å². The minimum Gasteiger partial charge on any atom is -0.348 e. The fourth-order valence-corrected chi connectivity index (χ4v) is 1.74. The molecule has 0 saturated carbocycles. The van der Waals surface area contributed by atoms with Gasteiger partial charge in [-0.05, 0) is 22.6 Å². The lowest BCUT2D eigenvalue weighted by Gasteiger charge is -2.20. The van der Waals surface area contributed by atoms with Gasteiger partial charge in [0.25, 0.3) is 0 Å². The van der Waals surface area contributed by atoms with Crippen LogP contribution in [0.5, 0.6) is 0 Å². The standard InChI is InChI=1S/C10H12IN3/c1-3-5-14(6-4-2)10-9(11)7-12-8-13-10/h3-4,7-8H,1-2,5-6H2. The summed E-state index contributed by atoms with van der Waals surface area (Å²) >= 11 is 2.22. The van der Waals surface area contributed by atoms with Crippen LogP contribution in [0.15, 0.2) is 37.8 Å². The van der Waals surface area contributed by atoms with Crippen molar-refractivity contribution < 1.29 is 0 Å². The van der Waals surface area contributed by atoms with Gasteiger partial charge in [-0.1, -0.05) is 12.2 Å². The van der Waals surface area contributed by atoms with Crippen LogP contribution in [0.2, 0.25) is 0 Å². The van der Waals surface area contributed by atoms with Crippen LogP contribution in [-0.2, 0) is 0 Å². The fraction of sp³-hybridized carbons (Fsp3) is 0.200. The second-order valence-electron chi connectivity index (χ2n) is 2.68. The summed E-state index contributed by atoms with van der Waals surface area (Å²) < 4.78 is 1.04. The predicted molar refractivity (Wildman–Crippen MR) is 67.4 cm³/mol. The lowest BCUT2D eigenvalue weighted by Crippen LogP contribution is -2.25. The summed E-state index contributed by atoms with van der Waals surface area (Å²) in [6, 6.07) is 0. The van der Waals surface area contributed by atoms with E-state index in [2.05, 4.69) is 50.6 Å². The molecule has 0 aromatic carbocycles. The maximum Gasteiger partial charge on any atom is 0.146 e. The van der Waals surface area contributed by atoms with Crippen molar-refractivity contribution in [2.45, 2.75) is 0 Å². The van der Waals surface area contributed by atoms with Crippen molar-refractivity contribution in [2.24, 2.45) is 0 Å². The molecule has 1 heterocycles. The Morgan fingerprint density at radius 1 is 1.36 bits per heavy atom. The quantitative estimate of drug-likeness (QED) is 0.617. The minimum absolute atomic E-state index is 0.763. The zero-order valence-electron chi connectivity index (χ0n) is 7.86. The Bertz CT molecular complexity index is 315. The Hall–Kier alpha value is -0.910. The first-order chi connectivity index (χ1) is 6.79. The molecular weight excluding hydrogens is 289 g/mol. The van der Waals surface area contributed by atoms with Gasteiger partial charge in [0.2, 0.25) is 0 Å². The molecule has 0 radical (unpaired) electrons. The van der Waals surface area contributed by atoms with Gasteiger partial charge in [0.1, 0.15) is 12.1 Å². The van der Waals surface area contributed by atoms with Crippen molar-refractivity contribution in [3.05, 3.63) is 41.4 Å². The number of rotatable bonds is 5. The van der Waals surface area contributed by atoms with E-state index >= 15 is 0 Å². The maximum absolute atomic E-state index is 4.23. The number of nitrogens with zero attached hydrogens (tertiary/aromatic N) is 3. The van der Waals surface area contributed by atoms with Gasteiger partial charge >= 0.3 is 0 Å². The molecule has 0 atom stereocenters. The second kappa shape index (κ2) is 5.74.